The van der Waals surface area contributed by atoms with Crippen LogP contribution in [0.15, 0.2) is 0 Å². The van der Waals surface area contributed by atoms with Crippen LogP contribution >= 0.6 is 0 Å². The smallest absolute Gasteiger partial charge is 0.303 e. The van der Waals surface area contributed by atoms with E-state index in [2.05, 4.69) is 5.32 Å². The molecule has 3 unspecified atom stereocenters. The van der Waals surface area contributed by atoms with E-state index in [-0.39, 0.29) is 30.3 Å². The van der Waals surface area contributed by atoms with Gasteiger partial charge in [-0.3, -0.25) is 9.59 Å². The van der Waals surface area contributed by atoms with Gasteiger partial charge in [0.2, 0.25) is 5.91 Å². The molecule has 1 amide bonds. The summed E-state index contributed by atoms with van der Waals surface area (Å²) in [6, 6.07) is 0.201. The van der Waals surface area contributed by atoms with E-state index < -0.39 is 5.97 Å². The third-order valence-electron chi connectivity index (χ3n) is 3.26. The maximum atomic E-state index is 11.8. The molecular weight excluding hydrogens is 220 g/mol. The summed E-state index contributed by atoms with van der Waals surface area (Å²) in [5, 5.41) is 11.4. The number of carboxylic acids is 1. The van der Waals surface area contributed by atoms with Crippen molar-refractivity contribution in [2.24, 2.45) is 11.7 Å². The van der Waals surface area contributed by atoms with Crippen LogP contribution < -0.4 is 11.1 Å². The van der Waals surface area contributed by atoms with Gasteiger partial charge in [-0.25, -0.2) is 0 Å². The highest BCUT2D eigenvalue weighted by Gasteiger charge is 2.28. The predicted octanol–water partition coefficient (Wildman–Crippen LogP) is 0.873. The minimum Gasteiger partial charge on any atom is -0.481 e. The second-order valence-electron chi connectivity index (χ2n) is 4.97. The molecule has 1 fully saturated rings. The van der Waals surface area contributed by atoms with E-state index in [1.807, 2.05) is 6.92 Å². The lowest BCUT2D eigenvalue weighted by Gasteiger charge is -2.16. The van der Waals surface area contributed by atoms with Gasteiger partial charge in [0.05, 0.1) is 0 Å². The van der Waals surface area contributed by atoms with Crippen molar-refractivity contribution < 1.29 is 14.7 Å². The third-order valence-corrected chi connectivity index (χ3v) is 3.26. The van der Waals surface area contributed by atoms with Crippen molar-refractivity contribution in [3.63, 3.8) is 0 Å². The Balaban J connectivity index is 2.19. The van der Waals surface area contributed by atoms with E-state index in [1.54, 1.807) is 0 Å². The number of nitrogens with two attached hydrogens (primary N) is 1. The second-order valence-corrected chi connectivity index (χ2v) is 4.97. The molecule has 1 saturated carbocycles. The van der Waals surface area contributed by atoms with Gasteiger partial charge in [-0.1, -0.05) is 0 Å². The molecule has 98 valence electrons. The second kappa shape index (κ2) is 6.59. The molecule has 3 atom stereocenters. The molecule has 0 aromatic rings. The Hall–Kier alpha value is -1.10. The number of hydrogen-bond acceptors (Lipinski definition) is 3. The molecule has 1 rings (SSSR count). The normalized spacial score (nSPS) is 25.5. The molecule has 0 aliphatic heterocycles. The lowest BCUT2D eigenvalue weighted by Crippen LogP contribution is -2.37. The zero-order valence-electron chi connectivity index (χ0n) is 10.3. The molecule has 5 nitrogen and oxygen atoms in total. The summed E-state index contributed by atoms with van der Waals surface area (Å²) < 4.78 is 0. The predicted molar refractivity (Wildman–Crippen MR) is 64.4 cm³/mol. The van der Waals surface area contributed by atoms with Gasteiger partial charge < -0.3 is 16.2 Å². The summed E-state index contributed by atoms with van der Waals surface area (Å²) in [5.41, 5.74) is 5.76. The zero-order chi connectivity index (χ0) is 12.8. The molecule has 0 heterocycles. The largest absolute Gasteiger partial charge is 0.481 e. The van der Waals surface area contributed by atoms with Gasteiger partial charge in [-0.15, -0.1) is 0 Å². The molecule has 1 aliphatic carbocycles. The molecule has 5 heteroatoms. The fraction of sp³-hybridized carbons (Fsp3) is 0.833. The van der Waals surface area contributed by atoms with Gasteiger partial charge in [0, 0.05) is 24.4 Å². The van der Waals surface area contributed by atoms with Crippen molar-refractivity contribution in [1.82, 2.24) is 5.32 Å². The minimum absolute atomic E-state index is 0.0404. The maximum Gasteiger partial charge on any atom is 0.303 e. The summed E-state index contributed by atoms with van der Waals surface area (Å²) in [7, 11) is 0. The average Bonchev–Trinajstić information content (AvgIpc) is 2.64. The monoisotopic (exact) mass is 242 g/mol. The average molecular weight is 242 g/mol. The van der Waals surface area contributed by atoms with Crippen molar-refractivity contribution in [3.8, 4) is 0 Å². The number of carbonyl (C=O) groups excluding carboxylic acids is 1. The molecular formula is C12H22N2O3. The number of amides is 1. The van der Waals surface area contributed by atoms with Crippen LogP contribution in [-0.4, -0.2) is 29.1 Å². The number of rotatable bonds is 6. The van der Waals surface area contributed by atoms with Gasteiger partial charge in [0.25, 0.3) is 0 Å². The first kappa shape index (κ1) is 14.0. The van der Waals surface area contributed by atoms with Crippen molar-refractivity contribution in [2.75, 3.05) is 0 Å². The molecule has 1 aliphatic rings. The van der Waals surface area contributed by atoms with E-state index in [0.29, 0.717) is 12.8 Å². The lowest BCUT2D eigenvalue weighted by molar-refractivity contribution is -0.137. The number of nitrogens with one attached hydrogen (secondary N) is 1. The number of carbonyl (C=O) groups is 2. The van der Waals surface area contributed by atoms with Gasteiger partial charge in [0.15, 0.2) is 0 Å². The van der Waals surface area contributed by atoms with Gasteiger partial charge >= 0.3 is 5.97 Å². The molecule has 0 aromatic heterocycles. The molecule has 0 radical (unpaired) electrons. The van der Waals surface area contributed by atoms with Crippen molar-refractivity contribution in [3.05, 3.63) is 0 Å². The lowest BCUT2D eigenvalue weighted by atomic mass is 10.1. The highest BCUT2D eigenvalue weighted by Crippen LogP contribution is 2.24. The molecule has 0 spiro atoms. The van der Waals surface area contributed by atoms with E-state index >= 15 is 0 Å². The minimum atomic E-state index is -0.787. The molecule has 0 bridgehead atoms. The Kier molecular flexibility index (Phi) is 5.41. The Labute approximate surface area is 102 Å². The summed E-state index contributed by atoms with van der Waals surface area (Å²) in [6.45, 7) is 1.91. The standard InChI is InChI=1S/C12H22N2O3/c1-8(3-2-4-11(15)16)14-12(17)9-5-6-10(13)7-9/h8-10H,2-7,13H2,1H3,(H,14,17)(H,15,16). The van der Waals surface area contributed by atoms with Gasteiger partial charge in [-0.2, -0.15) is 0 Å². The number of carboxylic acid groups (broad SMARTS) is 1. The van der Waals surface area contributed by atoms with Crippen LogP contribution in [0.2, 0.25) is 0 Å². The van der Waals surface area contributed by atoms with Crippen molar-refractivity contribution in [2.45, 2.75) is 57.5 Å². The molecule has 17 heavy (non-hydrogen) atoms. The van der Waals surface area contributed by atoms with Crippen LogP contribution in [0.5, 0.6) is 0 Å². The van der Waals surface area contributed by atoms with Crippen LogP contribution in [0.3, 0.4) is 0 Å². The first-order valence-electron chi connectivity index (χ1n) is 6.26. The summed E-state index contributed by atoms with van der Waals surface area (Å²) in [4.78, 5) is 22.2. The summed E-state index contributed by atoms with van der Waals surface area (Å²) >= 11 is 0. The number of hydrogen-bond donors (Lipinski definition) is 3. The van der Waals surface area contributed by atoms with E-state index in [0.717, 1.165) is 19.3 Å². The van der Waals surface area contributed by atoms with E-state index in [1.165, 1.54) is 0 Å². The van der Waals surface area contributed by atoms with Crippen molar-refractivity contribution >= 4 is 11.9 Å². The Morgan fingerprint density at radius 1 is 1.47 bits per heavy atom. The highest BCUT2D eigenvalue weighted by molar-refractivity contribution is 5.79. The molecule has 4 N–H and O–H groups in total. The van der Waals surface area contributed by atoms with Gasteiger partial charge in [0.1, 0.15) is 0 Å². The highest BCUT2D eigenvalue weighted by atomic mass is 16.4. The van der Waals surface area contributed by atoms with Crippen molar-refractivity contribution in [1.29, 1.82) is 0 Å². The summed E-state index contributed by atoms with van der Waals surface area (Å²) in [6.07, 6.45) is 4.03. The van der Waals surface area contributed by atoms with Crippen LogP contribution in [0.25, 0.3) is 0 Å². The fourth-order valence-electron chi connectivity index (χ4n) is 2.25. The Morgan fingerprint density at radius 2 is 2.18 bits per heavy atom. The van der Waals surface area contributed by atoms with E-state index in [9.17, 15) is 9.59 Å². The van der Waals surface area contributed by atoms with Gasteiger partial charge in [-0.05, 0) is 39.0 Å². The molecule has 0 aromatic carbocycles. The topological polar surface area (TPSA) is 92.4 Å². The first-order chi connectivity index (χ1) is 7.99. The summed E-state index contributed by atoms with van der Waals surface area (Å²) in [5.74, 6) is -0.669. The van der Waals surface area contributed by atoms with Crippen LogP contribution in [0.4, 0.5) is 0 Å². The van der Waals surface area contributed by atoms with Crippen LogP contribution in [0.1, 0.15) is 45.4 Å². The zero-order valence-corrected chi connectivity index (χ0v) is 10.3. The third kappa shape index (κ3) is 5.17. The SMILES string of the molecule is CC(CCCC(=O)O)NC(=O)C1CCC(N)C1. The first-order valence-corrected chi connectivity index (χ1v) is 6.26. The Morgan fingerprint density at radius 3 is 2.71 bits per heavy atom. The fourth-order valence-corrected chi connectivity index (χ4v) is 2.25. The molecule has 0 saturated heterocycles. The number of aliphatic carboxylic acids is 1. The maximum absolute atomic E-state index is 11.8. The van der Waals surface area contributed by atoms with Crippen LogP contribution in [-0.2, 0) is 9.59 Å². The quantitative estimate of drug-likeness (QED) is 0.644. The van der Waals surface area contributed by atoms with E-state index in [4.69, 9.17) is 10.8 Å². The van der Waals surface area contributed by atoms with Crippen LogP contribution in [0, 0.1) is 5.92 Å². The Bertz CT molecular complexity index is 281.